The summed E-state index contributed by atoms with van der Waals surface area (Å²) in [5.41, 5.74) is 4.54. The quantitative estimate of drug-likeness (QED) is 0.572. The standard InChI is InChI=1S/C26H26N4O6/c1-15-11-17(3-5-19(15)27-21(31)13-29-23(33)7-8-24(29)34)18-4-6-20(16(2)12-18)28-22(32)14-30-25(35)9-10-26(30)36/h3-6,11-12H,7-10,13-14H2,1-2H3,(H,27,31)(H,28,32). The van der Waals surface area contributed by atoms with Crippen LogP contribution in [-0.2, 0) is 28.8 Å². The van der Waals surface area contributed by atoms with E-state index in [-0.39, 0.29) is 62.4 Å². The summed E-state index contributed by atoms with van der Waals surface area (Å²) in [4.78, 5) is 73.6. The Balaban J connectivity index is 1.40. The molecule has 0 radical (unpaired) electrons. The highest BCUT2D eigenvalue weighted by molar-refractivity contribution is 6.07. The third kappa shape index (κ3) is 5.32. The second-order valence-electron chi connectivity index (χ2n) is 8.90. The normalized spacial score (nSPS) is 15.6. The number of nitrogens with one attached hydrogen (secondary N) is 2. The highest BCUT2D eigenvalue weighted by Gasteiger charge is 2.31. The van der Waals surface area contributed by atoms with Crippen molar-refractivity contribution in [1.82, 2.24) is 9.80 Å². The van der Waals surface area contributed by atoms with Crippen LogP contribution in [0.1, 0.15) is 36.8 Å². The molecule has 6 amide bonds. The van der Waals surface area contributed by atoms with Crippen molar-refractivity contribution >= 4 is 46.8 Å². The van der Waals surface area contributed by atoms with E-state index in [9.17, 15) is 28.8 Å². The number of aryl methyl sites for hydroxylation is 2. The Kier molecular flexibility index (Phi) is 6.96. The van der Waals surface area contributed by atoms with E-state index in [1.54, 1.807) is 12.1 Å². The van der Waals surface area contributed by atoms with Crippen molar-refractivity contribution in [1.29, 1.82) is 0 Å². The molecule has 0 aliphatic carbocycles. The number of carbonyl (C=O) groups is 6. The van der Waals surface area contributed by atoms with Gasteiger partial charge in [0, 0.05) is 37.1 Å². The fourth-order valence-electron chi connectivity index (χ4n) is 4.23. The average molecular weight is 491 g/mol. The topological polar surface area (TPSA) is 133 Å². The Morgan fingerprint density at radius 1 is 0.639 bits per heavy atom. The van der Waals surface area contributed by atoms with E-state index in [4.69, 9.17) is 0 Å². The molecule has 0 spiro atoms. The molecule has 0 bridgehead atoms. The van der Waals surface area contributed by atoms with Crippen molar-refractivity contribution in [3.8, 4) is 11.1 Å². The molecule has 36 heavy (non-hydrogen) atoms. The molecule has 0 saturated carbocycles. The number of carbonyl (C=O) groups excluding carboxylic acids is 6. The molecule has 2 heterocycles. The minimum absolute atomic E-state index is 0.138. The van der Waals surface area contributed by atoms with Crippen LogP contribution in [0.25, 0.3) is 11.1 Å². The Labute approximate surface area is 207 Å². The highest BCUT2D eigenvalue weighted by Crippen LogP contribution is 2.28. The van der Waals surface area contributed by atoms with Gasteiger partial charge in [0.1, 0.15) is 13.1 Å². The lowest BCUT2D eigenvalue weighted by molar-refractivity contribution is -0.142. The Hall–Kier alpha value is -4.34. The molecule has 10 nitrogen and oxygen atoms in total. The van der Waals surface area contributed by atoms with Gasteiger partial charge in [0.15, 0.2) is 0 Å². The number of likely N-dealkylation sites (tertiary alicyclic amines) is 2. The lowest BCUT2D eigenvalue weighted by Gasteiger charge is -2.16. The molecule has 0 aromatic heterocycles. The van der Waals surface area contributed by atoms with Gasteiger partial charge in [-0.25, -0.2) is 0 Å². The monoisotopic (exact) mass is 490 g/mol. The molecule has 2 aromatic carbocycles. The zero-order chi connectivity index (χ0) is 26.0. The smallest absolute Gasteiger partial charge is 0.244 e. The first-order valence-corrected chi connectivity index (χ1v) is 11.6. The van der Waals surface area contributed by atoms with Gasteiger partial charge in [0.2, 0.25) is 35.4 Å². The van der Waals surface area contributed by atoms with E-state index in [0.29, 0.717) is 11.4 Å². The number of rotatable bonds is 7. The predicted molar refractivity (Wildman–Crippen MR) is 131 cm³/mol. The van der Waals surface area contributed by atoms with Crippen molar-refractivity contribution in [2.45, 2.75) is 39.5 Å². The summed E-state index contributed by atoms with van der Waals surface area (Å²) < 4.78 is 0. The summed E-state index contributed by atoms with van der Waals surface area (Å²) in [5, 5.41) is 5.50. The summed E-state index contributed by atoms with van der Waals surface area (Å²) in [6, 6.07) is 11.0. The van der Waals surface area contributed by atoms with Crippen LogP contribution in [0, 0.1) is 13.8 Å². The van der Waals surface area contributed by atoms with Crippen molar-refractivity contribution in [2.24, 2.45) is 0 Å². The Morgan fingerprint density at radius 3 is 1.28 bits per heavy atom. The van der Waals surface area contributed by atoms with Crippen LogP contribution in [-0.4, -0.2) is 58.3 Å². The van der Waals surface area contributed by atoms with Gasteiger partial charge in [-0.3, -0.25) is 38.6 Å². The number of hydrogen-bond acceptors (Lipinski definition) is 6. The largest absolute Gasteiger partial charge is 0.324 e. The van der Waals surface area contributed by atoms with Crippen molar-refractivity contribution in [2.75, 3.05) is 23.7 Å². The molecule has 2 N–H and O–H groups in total. The van der Waals surface area contributed by atoms with Gasteiger partial charge >= 0.3 is 0 Å². The van der Waals surface area contributed by atoms with Crippen LogP contribution < -0.4 is 10.6 Å². The molecule has 186 valence electrons. The second-order valence-corrected chi connectivity index (χ2v) is 8.90. The van der Waals surface area contributed by atoms with Crippen LogP contribution in [0.3, 0.4) is 0 Å². The van der Waals surface area contributed by atoms with Gasteiger partial charge in [-0.15, -0.1) is 0 Å². The number of imide groups is 2. The van der Waals surface area contributed by atoms with Crippen LogP contribution in [0.15, 0.2) is 36.4 Å². The highest BCUT2D eigenvalue weighted by atomic mass is 16.2. The number of hydrogen-bond donors (Lipinski definition) is 2. The van der Waals surface area contributed by atoms with E-state index >= 15 is 0 Å². The van der Waals surface area contributed by atoms with Crippen molar-refractivity contribution in [3.05, 3.63) is 47.5 Å². The van der Waals surface area contributed by atoms with Crippen LogP contribution >= 0.6 is 0 Å². The van der Waals surface area contributed by atoms with Gasteiger partial charge in [-0.2, -0.15) is 0 Å². The maximum absolute atomic E-state index is 12.3. The first kappa shape index (κ1) is 24.8. The molecule has 2 saturated heterocycles. The molecule has 4 rings (SSSR count). The summed E-state index contributed by atoms with van der Waals surface area (Å²) in [6.45, 7) is 3.08. The van der Waals surface area contributed by atoms with E-state index in [1.165, 1.54) is 0 Å². The fourth-order valence-corrected chi connectivity index (χ4v) is 4.23. The number of nitrogens with zero attached hydrogens (tertiary/aromatic N) is 2. The van der Waals surface area contributed by atoms with E-state index in [0.717, 1.165) is 32.1 Å². The van der Waals surface area contributed by atoms with Gasteiger partial charge in [-0.05, 0) is 60.4 Å². The number of amides is 6. The number of benzene rings is 2. The summed E-state index contributed by atoms with van der Waals surface area (Å²) >= 11 is 0. The van der Waals surface area contributed by atoms with Gasteiger partial charge in [0.25, 0.3) is 0 Å². The lowest BCUT2D eigenvalue weighted by atomic mass is 10.00. The minimum atomic E-state index is -0.442. The van der Waals surface area contributed by atoms with E-state index < -0.39 is 11.8 Å². The Morgan fingerprint density at radius 2 is 0.972 bits per heavy atom. The molecular formula is C26H26N4O6. The molecule has 2 aliphatic heterocycles. The Bertz CT molecular complexity index is 1170. The van der Waals surface area contributed by atoms with Gasteiger partial charge in [0.05, 0.1) is 0 Å². The molecule has 2 aromatic rings. The first-order chi connectivity index (χ1) is 17.1. The zero-order valence-corrected chi connectivity index (χ0v) is 20.1. The summed E-state index contributed by atoms with van der Waals surface area (Å²) in [6.07, 6.45) is 0.554. The first-order valence-electron chi connectivity index (χ1n) is 11.6. The zero-order valence-electron chi connectivity index (χ0n) is 20.1. The number of anilines is 2. The molecule has 0 unspecified atom stereocenters. The lowest BCUT2D eigenvalue weighted by Crippen LogP contribution is -2.37. The molecule has 2 fully saturated rings. The minimum Gasteiger partial charge on any atom is -0.324 e. The van der Waals surface area contributed by atoms with Crippen LogP contribution in [0.5, 0.6) is 0 Å². The van der Waals surface area contributed by atoms with Gasteiger partial charge < -0.3 is 10.6 Å². The second kappa shape index (κ2) is 10.1. The molecule has 10 heteroatoms. The average Bonchev–Trinajstić information content (AvgIpc) is 3.32. The maximum Gasteiger partial charge on any atom is 0.244 e. The van der Waals surface area contributed by atoms with E-state index in [2.05, 4.69) is 10.6 Å². The van der Waals surface area contributed by atoms with Crippen LogP contribution in [0.4, 0.5) is 11.4 Å². The summed E-state index contributed by atoms with van der Waals surface area (Å²) in [7, 11) is 0. The molecule has 0 atom stereocenters. The third-order valence-corrected chi connectivity index (χ3v) is 6.25. The summed E-state index contributed by atoms with van der Waals surface area (Å²) in [5.74, 6) is -2.23. The van der Waals surface area contributed by atoms with Gasteiger partial charge in [-0.1, -0.05) is 12.1 Å². The predicted octanol–water partition coefficient (Wildman–Crippen LogP) is 2.15. The maximum atomic E-state index is 12.3. The molecular weight excluding hydrogens is 464 g/mol. The molecule has 2 aliphatic rings. The van der Waals surface area contributed by atoms with Crippen LogP contribution in [0.2, 0.25) is 0 Å². The van der Waals surface area contributed by atoms with E-state index in [1.807, 2.05) is 38.1 Å². The SMILES string of the molecule is Cc1cc(-c2ccc(NC(=O)CN3C(=O)CCC3=O)c(C)c2)ccc1NC(=O)CN1C(=O)CCC1=O. The van der Waals surface area contributed by atoms with Crippen molar-refractivity contribution in [3.63, 3.8) is 0 Å². The third-order valence-electron chi connectivity index (χ3n) is 6.25. The van der Waals surface area contributed by atoms with Crippen molar-refractivity contribution < 1.29 is 28.8 Å². The fraction of sp³-hybridized carbons (Fsp3) is 0.308.